The summed E-state index contributed by atoms with van der Waals surface area (Å²) in [5.74, 6) is -0.595. The second-order valence-corrected chi connectivity index (χ2v) is 3.36. The molecule has 0 saturated heterocycles. The van der Waals surface area contributed by atoms with Crippen LogP contribution >= 0.6 is 0 Å². The second-order valence-electron chi connectivity index (χ2n) is 3.36. The van der Waals surface area contributed by atoms with Gasteiger partial charge in [-0.25, -0.2) is 4.79 Å². The van der Waals surface area contributed by atoms with Gasteiger partial charge in [-0.1, -0.05) is 12.1 Å². The van der Waals surface area contributed by atoms with Gasteiger partial charge >= 0.3 is 5.97 Å². The summed E-state index contributed by atoms with van der Waals surface area (Å²) in [6.07, 6.45) is 0. The standard InChI is InChI=1S/C12H10O4/c1-16-10-6-8(12(14)15)5-7-3-2-4-9(13)11(7)10/h2-6,13H,1H3,(H,14,15). The number of aromatic carboxylic acids is 1. The van der Waals surface area contributed by atoms with Gasteiger partial charge in [0, 0.05) is 0 Å². The van der Waals surface area contributed by atoms with E-state index in [1.807, 2.05) is 0 Å². The highest BCUT2D eigenvalue weighted by Crippen LogP contribution is 2.34. The van der Waals surface area contributed by atoms with Crippen molar-refractivity contribution in [2.45, 2.75) is 0 Å². The van der Waals surface area contributed by atoms with E-state index >= 15 is 0 Å². The van der Waals surface area contributed by atoms with Gasteiger partial charge in [-0.05, 0) is 23.6 Å². The fraction of sp³-hybridized carbons (Fsp3) is 0.0833. The smallest absolute Gasteiger partial charge is 0.335 e. The average molecular weight is 218 g/mol. The summed E-state index contributed by atoms with van der Waals surface area (Å²) in [6.45, 7) is 0. The second kappa shape index (κ2) is 3.73. The van der Waals surface area contributed by atoms with Gasteiger partial charge in [-0.15, -0.1) is 0 Å². The highest BCUT2D eigenvalue weighted by molar-refractivity contribution is 6.00. The number of fused-ring (bicyclic) bond motifs is 1. The first-order chi connectivity index (χ1) is 7.63. The van der Waals surface area contributed by atoms with Gasteiger partial charge in [-0.2, -0.15) is 0 Å². The number of phenolic OH excluding ortho intramolecular Hbond substituents is 1. The molecule has 4 nitrogen and oxygen atoms in total. The monoisotopic (exact) mass is 218 g/mol. The van der Waals surface area contributed by atoms with Crippen molar-refractivity contribution in [3.8, 4) is 11.5 Å². The normalized spacial score (nSPS) is 10.3. The third-order valence-corrected chi connectivity index (χ3v) is 2.39. The average Bonchev–Trinajstić information content (AvgIpc) is 2.27. The number of aromatic hydroxyl groups is 1. The Balaban J connectivity index is 2.84. The van der Waals surface area contributed by atoms with E-state index in [-0.39, 0.29) is 11.3 Å². The van der Waals surface area contributed by atoms with Crippen LogP contribution in [0.25, 0.3) is 10.8 Å². The first-order valence-electron chi connectivity index (χ1n) is 4.66. The van der Waals surface area contributed by atoms with Crippen molar-refractivity contribution in [2.24, 2.45) is 0 Å². The third-order valence-electron chi connectivity index (χ3n) is 2.39. The Morgan fingerprint density at radius 1 is 1.31 bits per heavy atom. The van der Waals surface area contributed by atoms with E-state index in [1.54, 1.807) is 12.1 Å². The molecule has 2 aromatic carbocycles. The van der Waals surface area contributed by atoms with Gasteiger partial charge in [-0.3, -0.25) is 0 Å². The predicted molar refractivity (Wildman–Crippen MR) is 59.1 cm³/mol. The summed E-state index contributed by atoms with van der Waals surface area (Å²) in [4.78, 5) is 10.9. The minimum Gasteiger partial charge on any atom is -0.507 e. The molecule has 0 radical (unpaired) electrons. The van der Waals surface area contributed by atoms with E-state index in [0.717, 1.165) is 0 Å². The molecule has 0 fully saturated rings. The van der Waals surface area contributed by atoms with Crippen molar-refractivity contribution in [3.05, 3.63) is 35.9 Å². The molecule has 0 unspecified atom stereocenters. The fourth-order valence-corrected chi connectivity index (χ4v) is 1.65. The number of ether oxygens (including phenoxy) is 1. The summed E-state index contributed by atoms with van der Waals surface area (Å²) < 4.78 is 5.08. The molecule has 0 aliphatic rings. The van der Waals surface area contributed by atoms with Crippen molar-refractivity contribution in [1.29, 1.82) is 0 Å². The molecule has 0 heterocycles. The lowest BCUT2D eigenvalue weighted by Crippen LogP contribution is -1.97. The zero-order valence-electron chi connectivity index (χ0n) is 8.60. The van der Waals surface area contributed by atoms with Crippen molar-refractivity contribution in [3.63, 3.8) is 0 Å². The Kier molecular flexibility index (Phi) is 2.40. The van der Waals surface area contributed by atoms with E-state index in [1.165, 1.54) is 25.3 Å². The molecule has 0 amide bonds. The highest BCUT2D eigenvalue weighted by Gasteiger charge is 2.11. The van der Waals surface area contributed by atoms with Crippen LogP contribution in [0.5, 0.6) is 11.5 Å². The number of carboxylic acids is 1. The number of hydrogen-bond donors (Lipinski definition) is 2. The van der Waals surface area contributed by atoms with Gasteiger partial charge in [0.05, 0.1) is 18.1 Å². The van der Waals surface area contributed by atoms with E-state index in [9.17, 15) is 9.90 Å². The number of hydrogen-bond acceptors (Lipinski definition) is 3. The van der Waals surface area contributed by atoms with Gasteiger partial charge in [0.25, 0.3) is 0 Å². The highest BCUT2D eigenvalue weighted by atomic mass is 16.5. The Hall–Kier alpha value is -2.23. The number of carboxylic acid groups (broad SMARTS) is 1. The van der Waals surface area contributed by atoms with Crippen LogP contribution in [-0.2, 0) is 0 Å². The summed E-state index contributed by atoms with van der Waals surface area (Å²) in [5, 5.41) is 19.8. The lowest BCUT2D eigenvalue weighted by atomic mass is 10.0. The van der Waals surface area contributed by atoms with Crippen LogP contribution in [0, 0.1) is 0 Å². The lowest BCUT2D eigenvalue weighted by Gasteiger charge is -2.08. The Labute approximate surface area is 91.7 Å². The predicted octanol–water partition coefficient (Wildman–Crippen LogP) is 2.25. The SMILES string of the molecule is COc1cc(C(=O)O)cc2cccc(O)c12. The van der Waals surface area contributed by atoms with Crippen LogP contribution in [0.3, 0.4) is 0 Å². The number of carbonyl (C=O) groups is 1. The van der Waals surface area contributed by atoms with Gasteiger partial charge < -0.3 is 14.9 Å². The van der Waals surface area contributed by atoms with Crippen molar-refractivity contribution in [1.82, 2.24) is 0 Å². The van der Waals surface area contributed by atoms with Crippen LogP contribution in [0.4, 0.5) is 0 Å². The fourth-order valence-electron chi connectivity index (χ4n) is 1.65. The van der Waals surface area contributed by atoms with Crippen molar-refractivity contribution >= 4 is 16.7 Å². The maximum atomic E-state index is 10.9. The van der Waals surface area contributed by atoms with Crippen LogP contribution in [0.1, 0.15) is 10.4 Å². The zero-order chi connectivity index (χ0) is 11.7. The van der Waals surface area contributed by atoms with Gasteiger partial charge in [0.2, 0.25) is 0 Å². The quantitative estimate of drug-likeness (QED) is 0.811. The molecule has 0 aliphatic heterocycles. The molecule has 2 N–H and O–H groups in total. The van der Waals surface area contributed by atoms with E-state index in [0.29, 0.717) is 16.5 Å². The number of phenols is 1. The largest absolute Gasteiger partial charge is 0.507 e. The molecular weight excluding hydrogens is 208 g/mol. The molecule has 0 spiro atoms. The molecule has 0 aliphatic carbocycles. The van der Waals surface area contributed by atoms with Crippen molar-refractivity contribution < 1.29 is 19.7 Å². The van der Waals surface area contributed by atoms with E-state index < -0.39 is 5.97 Å². The summed E-state index contributed by atoms with van der Waals surface area (Å²) in [6, 6.07) is 7.81. The van der Waals surface area contributed by atoms with Crippen LogP contribution in [-0.4, -0.2) is 23.3 Å². The molecule has 0 atom stereocenters. The molecule has 82 valence electrons. The molecule has 0 aromatic heterocycles. The van der Waals surface area contributed by atoms with Crippen LogP contribution < -0.4 is 4.74 Å². The van der Waals surface area contributed by atoms with Crippen LogP contribution in [0.2, 0.25) is 0 Å². The molecule has 16 heavy (non-hydrogen) atoms. The van der Waals surface area contributed by atoms with Crippen LogP contribution in [0.15, 0.2) is 30.3 Å². The first-order valence-corrected chi connectivity index (χ1v) is 4.66. The molecule has 4 heteroatoms. The topological polar surface area (TPSA) is 66.8 Å². The van der Waals surface area contributed by atoms with E-state index in [4.69, 9.17) is 9.84 Å². The summed E-state index contributed by atoms with van der Waals surface area (Å²) in [5.41, 5.74) is 0.134. The van der Waals surface area contributed by atoms with Crippen molar-refractivity contribution in [2.75, 3.05) is 7.11 Å². The number of rotatable bonds is 2. The van der Waals surface area contributed by atoms with Gasteiger partial charge in [0.1, 0.15) is 11.5 Å². The maximum Gasteiger partial charge on any atom is 0.335 e. The maximum absolute atomic E-state index is 10.9. The molecule has 0 saturated carbocycles. The zero-order valence-corrected chi connectivity index (χ0v) is 8.60. The van der Waals surface area contributed by atoms with E-state index in [2.05, 4.69) is 0 Å². The minimum absolute atomic E-state index is 0.0753. The third kappa shape index (κ3) is 1.54. The molecular formula is C12H10O4. The Bertz CT molecular complexity index is 560. The summed E-state index contributed by atoms with van der Waals surface area (Å²) >= 11 is 0. The number of benzene rings is 2. The Morgan fingerprint density at radius 3 is 2.69 bits per heavy atom. The lowest BCUT2D eigenvalue weighted by molar-refractivity contribution is 0.0696. The molecule has 2 rings (SSSR count). The Morgan fingerprint density at radius 2 is 2.06 bits per heavy atom. The number of methoxy groups -OCH3 is 1. The first kappa shape index (κ1) is 10.3. The summed E-state index contributed by atoms with van der Waals surface area (Å²) in [7, 11) is 1.44. The molecule has 2 aromatic rings. The van der Waals surface area contributed by atoms with Gasteiger partial charge in [0.15, 0.2) is 0 Å². The molecule has 0 bridgehead atoms. The minimum atomic E-state index is -1.02.